The number of nitrogen functional groups attached to an aromatic ring is 1. The Hall–Kier alpha value is -2.00. The SMILES string of the molecule is CCC(Cc1ccc(C)cc1)N(CC)C(=O)Cc1ccc(N)cc1.Cl. The number of hydrogen-bond acceptors (Lipinski definition) is 2. The molecule has 2 N–H and O–H groups in total. The van der Waals surface area contributed by atoms with Crippen molar-refractivity contribution in [1.82, 2.24) is 4.90 Å². The highest BCUT2D eigenvalue weighted by molar-refractivity contribution is 5.85. The molecule has 2 aromatic rings. The van der Waals surface area contributed by atoms with Gasteiger partial charge >= 0.3 is 0 Å². The summed E-state index contributed by atoms with van der Waals surface area (Å²) in [5.74, 6) is 0.182. The predicted octanol–water partition coefficient (Wildman–Crippen LogP) is 4.41. The van der Waals surface area contributed by atoms with E-state index in [1.165, 1.54) is 11.1 Å². The van der Waals surface area contributed by atoms with Crippen LogP contribution in [-0.4, -0.2) is 23.4 Å². The normalized spacial score (nSPS) is 11.5. The molecule has 1 amide bonds. The molecule has 0 fully saturated rings. The van der Waals surface area contributed by atoms with Gasteiger partial charge in [-0.1, -0.05) is 48.9 Å². The fourth-order valence-electron chi connectivity index (χ4n) is 3.02. The van der Waals surface area contributed by atoms with Crippen molar-refractivity contribution in [2.24, 2.45) is 0 Å². The molecule has 0 aliphatic heterocycles. The van der Waals surface area contributed by atoms with Crippen LogP contribution in [-0.2, 0) is 17.6 Å². The van der Waals surface area contributed by atoms with E-state index in [0.717, 1.165) is 30.6 Å². The highest BCUT2D eigenvalue weighted by Crippen LogP contribution is 2.15. The molecule has 0 aromatic heterocycles. The van der Waals surface area contributed by atoms with Crippen LogP contribution in [0, 0.1) is 6.92 Å². The summed E-state index contributed by atoms with van der Waals surface area (Å²) >= 11 is 0. The van der Waals surface area contributed by atoms with Crippen LogP contribution in [0.15, 0.2) is 48.5 Å². The lowest BCUT2D eigenvalue weighted by molar-refractivity contribution is -0.132. The average Bonchev–Trinajstić information content (AvgIpc) is 2.58. The molecule has 3 nitrogen and oxygen atoms in total. The van der Waals surface area contributed by atoms with Gasteiger partial charge in [0.1, 0.15) is 0 Å². The monoisotopic (exact) mass is 360 g/mol. The minimum Gasteiger partial charge on any atom is -0.399 e. The number of anilines is 1. The van der Waals surface area contributed by atoms with Crippen molar-refractivity contribution in [2.75, 3.05) is 12.3 Å². The summed E-state index contributed by atoms with van der Waals surface area (Å²) in [7, 11) is 0. The van der Waals surface area contributed by atoms with Gasteiger partial charge in [0.2, 0.25) is 5.91 Å². The Labute approximate surface area is 157 Å². The van der Waals surface area contributed by atoms with Crippen molar-refractivity contribution in [2.45, 2.75) is 46.1 Å². The van der Waals surface area contributed by atoms with Crippen LogP contribution >= 0.6 is 12.4 Å². The lowest BCUT2D eigenvalue weighted by Crippen LogP contribution is -2.42. The van der Waals surface area contributed by atoms with E-state index in [9.17, 15) is 4.79 Å². The number of aryl methyl sites for hydroxylation is 1. The highest BCUT2D eigenvalue weighted by atomic mass is 35.5. The summed E-state index contributed by atoms with van der Waals surface area (Å²) in [6.45, 7) is 7.03. The van der Waals surface area contributed by atoms with Crippen LogP contribution in [0.5, 0.6) is 0 Å². The summed E-state index contributed by atoms with van der Waals surface area (Å²) in [5, 5.41) is 0. The molecular formula is C21H29ClN2O. The number of carbonyl (C=O) groups excluding carboxylic acids is 1. The maximum Gasteiger partial charge on any atom is 0.227 e. The molecule has 0 saturated heterocycles. The molecule has 136 valence electrons. The molecule has 25 heavy (non-hydrogen) atoms. The minimum absolute atomic E-state index is 0. The molecule has 0 heterocycles. The second-order valence-corrected chi connectivity index (χ2v) is 6.35. The van der Waals surface area contributed by atoms with E-state index in [4.69, 9.17) is 5.73 Å². The van der Waals surface area contributed by atoms with Gasteiger partial charge in [-0.3, -0.25) is 4.79 Å². The van der Waals surface area contributed by atoms with Gasteiger partial charge in [-0.25, -0.2) is 0 Å². The number of carbonyl (C=O) groups is 1. The first-order valence-electron chi connectivity index (χ1n) is 8.72. The number of rotatable bonds is 7. The Balaban J connectivity index is 0.00000312. The van der Waals surface area contributed by atoms with Crippen molar-refractivity contribution in [1.29, 1.82) is 0 Å². The van der Waals surface area contributed by atoms with Crippen LogP contribution in [0.25, 0.3) is 0 Å². The second-order valence-electron chi connectivity index (χ2n) is 6.35. The van der Waals surface area contributed by atoms with Gasteiger partial charge in [-0.2, -0.15) is 0 Å². The number of nitrogens with two attached hydrogens (primary N) is 1. The fourth-order valence-corrected chi connectivity index (χ4v) is 3.02. The quantitative estimate of drug-likeness (QED) is 0.743. The summed E-state index contributed by atoms with van der Waals surface area (Å²) < 4.78 is 0. The number of amides is 1. The molecule has 1 unspecified atom stereocenters. The zero-order valence-electron chi connectivity index (χ0n) is 15.4. The topological polar surface area (TPSA) is 46.3 Å². The largest absolute Gasteiger partial charge is 0.399 e. The van der Waals surface area contributed by atoms with E-state index in [1.54, 1.807) is 0 Å². The minimum atomic E-state index is 0. The molecule has 0 radical (unpaired) electrons. The number of halogens is 1. The van der Waals surface area contributed by atoms with Gasteiger partial charge in [-0.05, 0) is 49.9 Å². The maximum atomic E-state index is 12.8. The fraction of sp³-hybridized carbons (Fsp3) is 0.381. The van der Waals surface area contributed by atoms with Crippen molar-refractivity contribution >= 4 is 24.0 Å². The lowest BCUT2D eigenvalue weighted by Gasteiger charge is -2.30. The molecule has 0 aliphatic carbocycles. The summed E-state index contributed by atoms with van der Waals surface area (Å²) in [5.41, 5.74) is 10.00. The molecule has 4 heteroatoms. The predicted molar refractivity (Wildman–Crippen MR) is 108 cm³/mol. The summed E-state index contributed by atoms with van der Waals surface area (Å²) in [4.78, 5) is 14.8. The Morgan fingerprint density at radius 2 is 1.56 bits per heavy atom. The van der Waals surface area contributed by atoms with Gasteiger partial charge < -0.3 is 10.6 Å². The van der Waals surface area contributed by atoms with Gasteiger partial charge in [0, 0.05) is 18.3 Å². The summed E-state index contributed by atoms with van der Waals surface area (Å²) in [6.07, 6.45) is 2.28. The van der Waals surface area contributed by atoms with Gasteiger partial charge in [-0.15, -0.1) is 12.4 Å². The molecule has 1 atom stereocenters. The molecule has 0 saturated carbocycles. The highest BCUT2D eigenvalue weighted by Gasteiger charge is 2.21. The van der Waals surface area contributed by atoms with Gasteiger partial charge in [0.05, 0.1) is 6.42 Å². The van der Waals surface area contributed by atoms with E-state index in [0.29, 0.717) is 6.42 Å². The molecule has 2 rings (SSSR count). The molecular weight excluding hydrogens is 332 g/mol. The zero-order valence-corrected chi connectivity index (χ0v) is 16.2. The van der Waals surface area contributed by atoms with E-state index in [-0.39, 0.29) is 24.4 Å². The summed E-state index contributed by atoms with van der Waals surface area (Å²) in [6, 6.07) is 16.4. The third kappa shape index (κ3) is 6.09. The van der Waals surface area contributed by atoms with E-state index in [2.05, 4.69) is 45.0 Å². The van der Waals surface area contributed by atoms with Crippen LogP contribution in [0.4, 0.5) is 5.69 Å². The lowest BCUT2D eigenvalue weighted by atomic mass is 10.0. The van der Waals surface area contributed by atoms with Gasteiger partial charge in [0.15, 0.2) is 0 Å². The van der Waals surface area contributed by atoms with E-state index in [1.807, 2.05) is 29.2 Å². The number of benzene rings is 2. The number of likely N-dealkylation sites (N-methyl/N-ethyl adjacent to an activating group) is 1. The van der Waals surface area contributed by atoms with Crippen LogP contribution in [0.3, 0.4) is 0 Å². The standard InChI is InChI=1S/C21H28N2O.ClH/c1-4-20(14-17-8-6-16(3)7-9-17)23(5-2)21(24)15-18-10-12-19(22)13-11-18;/h6-13,20H,4-5,14-15,22H2,1-3H3;1H. The van der Waals surface area contributed by atoms with Crippen molar-refractivity contribution < 1.29 is 4.79 Å². The third-order valence-corrected chi connectivity index (χ3v) is 4.50. The number of nitrogens with zero attached hydrogens (tertiary/aromatic N) is 1. The van der Waals surface area contributed by atoms with E-state index >= 15 is 0 Å². The number of hydrogen-bond donors (Lipinski definition) is 1. The van der Waals surface area contributed by atoms with Crippen LogP contribution in [0.1, 0.15) is 37.0 Å². The van der Waals surface area contributed by atoms with E-state index < -0.39 is 0 Å². The van der Waals surface area contributed by atoms with Crippen LogP contribution in [0.2, 0.25) is 0 Å². The molecule has 2 aromatic carbocycles. The van der Waals surface area contributed by atoms with Crippen molar-refractivity contribution in [3.05, 3.63) is 65.2 Å². The van der Waals surface area contributed by atoms with Crippen LogP contribution < -0.4 is 5.73 Å². The Morgan fingerprint density at radius 1 is 1.00 bits per heavy atom. The first kappa shape index (κ1) is 21.0. The Kier molecular flexibility index (Phi) is 8.50. The second kappa shape index (κ2) is 10.1. The smallest absolute Gasteiger partial charge is 0.227 e. The molecule has 0 aliphatic rings. The molecule has 0 spiro atoms. The Morgan fingerprint density at radius 3 is 2.08 bits per heavy atom. The first-order chi connectivity index (χ1) is 11.5. The Bertz CT molecular complexity index is 653. The zero-order chi connectivity index (χ0) is 17.5. The van der Waals surface area contributed by atoms with Crippen molar-refractivity contribution in [3.63, 3.8) is 0 Å². The maximum absolute atomic E-state index is 12.8. The van der Waals surface area contributed by atoms with Gasteiger partial charge in [0.25, 0.3) is 0 Å². The molecule has 0 bridgehead atoms. The van der Waals surface area contributed by atoms with Crippen molar-refractivity contribution in [3.8, 4) is 0 Å². The average molecular weight is 361 g/mol. The third-order valence-electron chi connectivity index (χ3n) is 4.50. The first-order valence-corrected chi connectivity index (χ1v) is 8.72.